The Bertz CT molecular complexity index is 481. The molecule has 0 saturated carbocycles. The van der Waals surface area contributed by atoms with Crippen LogP contribution in [0.4, 0.5) is 0 Å². The zero-order valence-corrected chi connectivity index (χ0v) is 10.8. The summed E-state index contributed by atoms with van der Waals surface area (Å²) in [6.45, 7) is 2.08. The number of aryl methyl sites for hydroxylation is 1. The Morgan fingerprint density at radius 1 is 1.62 bits per heavy atom. The molecule has 0 spiro atoms. The molecule has 1 aromatic heterocycles. The monoisotopic (exact) mass is 262 g/mol. The minimum atomic E-state index is -2.88. The van der Waals surface area contributed by atoms with Crippen molar-refractivity contribution in [3.63, 3.8) is 0 Å². The van der Waals surface area contributed by atoms with Gasteiger partial charge in [-0.3, -0.25) is 0 Å². The highest BCUT2D eigenvalue weighted by atomic mass is 35.5. The Kier molecular flexibility index (Phi) is 3.26. The molecule has 0 aliphatic carbocycles. The van der Waals surface area contributed by atoms with Crippen molar-refractivity contribution in [1.29, 1.82) is 0 Å². The maximum Gasteiger partial charge on any atom is 0.152 e. The third-order valence-electron chi connectivity index (χ3n) is 2.80. The molecule has 1 fully saturated rings. The Hall–Kier alpha value is -0.550. The van der Waals surface area contributed by atoms with Gasteiger partial charge < -0.3 is 0 Å². The van der Waals surface area contributed by atoms with E-state index in [4.69, 9.17) is 11.6 Å². The summed E-state index contributed by atoms with van der Waals surface area (Å²) in [6.07, 6.45) is 2.51. The van der Waals surface area contributed by atoms with Gasteiger partial charge in [0, 0.05) is 0 Å². The third-order valence-corrected chi connectivity index (χ3v) is 4.83. The van der Waals surface area contributed by atoms with Crippen molar-refractivity contribution in [2.75, 3.05) is 11.5 Å². The van der Waals surface area contributed by atoms with Crippen molar-refractivity contribution in [1.82, 2.24) is 9.78 Å². The van der Waals surface area contributed by atoms with Gasteiger partial charge in [0.15, 0.2) is 9.84 Å². The molecule has 0 aromatic carbocycles. The summed E-state index contributed by atoms with van der Waals surface area (Å²) >= 11 is 6.06. The first-order valence-electron chi connectivity index (χ1n) is 5.46. The molecule has 4 nitrogen and oxygen atoms in total. The van der Waals surface area contributed by atoms with Crippen LogP contribution in [0.5, 0.6) is 0 Å². The topological polar surface area (TPSA) is 52.0 Å². The van der Waals surface area contributed by atoms with Crippen molar-refractivity contribution in [3.05, 3.63) is 16.9 Å². The molecule has 1 aliphatic heterocycles. The second-order valence-electron chi connectivity index (χ2n) is 4.21. The van der Waals surface area contributed by atoms with Crippen LogP contribution >= 0.6 is 11.6 Å². The first-order valence-corrected chi connectivity index (χ1v) is 7.66. The highest BCUT2D eigenvalue weighted by molar-refractivity contribution is 7.91. The first-order chi connectivity index (χ1) is 7.52. The number of hydrogen-bond acceptors (Lipinski definition) is 3. The molecule has 90 valence electrons. The average molecular weight is 263 g/mol. The molecular formula is C10H15ClN2O2S. The molecule has 2 rings (SSSR count). The van der Waals surface area contributed by atoms with Crippen LogP contribution in [0.15, 0.2) is 6.07 Å². The summed E-state index contributed by atoms with van der Waals surface area (Å²) in [7, 11) is -2.88. The van der Waals surface area contributed by atoms with E-state index in [9.17, 15) is 8.42 Å². The summed E-state index contributed by atoms with van der Waals surface area (Å²) in [5.41, 5.74) is 0.941. The van der Waals surface area contributed by atoms with Gasteiger partial charge in [-0.15, -0.1) is 0 Å². The zero-order chi connectivity index (χ0) is 11.8. The number of sulfone groups is 1. The van der Waals surface area contributed by atoms with E-state index in [-0.39, 0.29) is 17.5 Å². The van der Waals surface area contributed by atoms with Gasteiger partial charge in [0.05, 0.1) is 23.2 Å². The van der Waals surface area contributed by atoms with Gasteiger partial charge in [-0.05, 0) is 18.9 Å². The minimum absolute atomic E-state index is 0.0805. The number of aromatic nitrogens is 2. The molecule has 1 aromatic rings. The summed E-state index contributed by atoms with van der Waals surface area (Å²) in [6, 6.07) is 1.75. The fraction of sp³-hybridized carbons (Fsp3) is 0.700. The largest absolute Gasteiger partial charge is 0.250 e. The van der Waals surface area contributed by atoms with E-state index in [1.54, 1.807) is 4.68 Å². The van der Waals surface area contributed by atoms with Crippen LogP contribution in [0.2, 0.25) is 5.15 Å². The standard InChI is InChI=1S/C10H15ClN2O2S/c1-2-3-8-6-10(11)13(12-8)9-4-5-16(14,15)7-9/h6,9H,2-5,7H2,1H3. The van der Waals surface area contributed by atoms with Crippen LogP contribution in [0, 0.1) is 0 Å². The number of halogens is 1. The van der Waals surface area contributed by atoms with Crippen molar-refractivity contribution < 1.29 is 8.42 Å². The summed E-state index contributed by atoms with van der Waals surface area (Å²) in [5.74, 6) is 0.414. The van der Waals surface area contributed by atoms with E-state index in [1.165, 1.54) is 0 Å². The summed E-state index contributed by atoms with van der Waals surface area (Å²) in [5, 5.41) is 4.91. The van der Waals surface area contributed by atoms with Crippen molar-refractivity contribution >= 4 is 21.4 Å². The molecule has 1 unspecified atom stereocenters. The lowest BCUT2D eigenvalue weighted by Crippen LogP contribution is -2.12. The fourth-order valence-electron chi connectivity index (χ4n) is 2.02. The molecule has 1 atom stereocenters. The summed E-state index contributed by atoms with van der Waals surface area (Å²) in [4.78, 5) is 0. The van der Waals surface area contributed by atoms with Crippen LogP contribution < -0.4 is 0 Å². The number of hydrogen-bond donors (Lipinski definition) is 0. The maximum absolute atomic E-state index is 11.4. The van der Waals surface area contributed by atoms with Crippen molar-refractivity contribution in [3.8, 4) is 0 Å². The molecule has 16 heavy (non-hydrogen) atoms. The van der Waals surface area contributed by atoms with Gasteiger partial charge in [0.1, 0.15) is 5.15 Å². The predicted octanol–water partition coefficient (Wildman–Crippen LogP) is 1.85. The molecule has 0 bridgehead atoms. The van der Waals surface area contributed by atoms with Gasteiger partial charge in [-0.25, -0.2) is 13.1 Å². The van der Waals surface area contributed by atoms with Crippen LogP contribution in [0.1, 0.15) is 31.5 Å². The maximum atomic E-state index is 11.4. The number of nitrogens with zero attached hydrogens (tertiary/aromatic N) is 2. The lowest BCUT2D eigenvalue weighted by Gasteiger charge is -2.09. The molecule has 1 aliphatic rings. The van der Waals surface area contributed by atoms with Crippen molar-refractivity contribution in [2.45, 2.75) is 32.2 Å². The van der Waals surface area contributed by atoms with E-state index >= 15 is 0 Å². The highest BCUT2D eigenvalue weighted by Crippen LogP contribution is 2.27. The average Bonchev–Trinajstić information content (AvgIpc) is 2.70. The van der Waals surface area contributed by atoms with Crippen LogP contribution in [-0.4, -0.2) is 29.7 Å². The van der Waals surface area contributed by atoms with E-state index in [0.29, 0.717) is 11.6 Å². The van der Waals surface area contributed by atoms with E-state index in [1.807, 2.05) is 6.07 Å². The molecule has 1 saturated heterocycles. The van der Waals surface area contributed by atoms with Gasteiger partial charge in [0.2, 0.25) is 0 Å². The minimum Gasteiger partial charge on any atom is -0.250 e. The fourth-order valence-corrected chi connectivity index (χ4v) is 4.02. The third kappa shape index (κ3) is 2.40. The summed E-state index contributed by atoms with van der Waals surface area (Å²) < 4.78 is 24.4. The zero-order valence-electron chi connectivity index (χ0n) is 9.19. The quantitative estimate of drug-likeness (QED) is 0.835. The highest BCUT2D eigenvalue weighted by Gasteiger charge is 2.30. The van der Waals surface area contributed by atoms with Gasteiger partial charge in [-0.1, -0.05) is 24.9 Å². The van der Waals surface area contributed by atoms with Crippen LogP contribution in [-0.2, 0) is 16.3 Å². The van der Waals surface area contributed by atoms with E-state index in [2.05, 4.69) is 12.0 Å². The van der Waals surface area contributed by atoms with Gasteiger partial charge in [0.25, 0.3) is 0 Å². The Labute approximate surface area is 101 Å². The van der Waals surface area contributed by atoms with Crippen LogP contribution in [0.25, 0.3) is 0 Å². The Morgan fingerprint density at radius 2 is 2.38 bits per heavy atom. The Morgan fingerprint density at radius 3 is 2.94 bits per heavy atom. The second kappa shape index (κ2) is 4.37. The first kappa shape index (κ1) is 11.9. The molecular weight excluding hydrogens is 248 g/mol. The van der Waals surface area contributed by atoms with E-state index in [0.717, 1.165) is 18.5 Å². The SMILES string of the molecule is CCCc1cc(Cl)n(C2CCS(=O)(=O)C2)n1. The normalized spacial score (nSPS) is 23.8. The number of rotatable bonds is 3. The predicted molar refractivity (Wildman–Crippen MR) is 63.5 cm³/mol. The molecule has 0 N–H and O–H groups in total. The van der Waals surface area contributed by atoms with Gasteiger partial charge >= 0.3 is 0 Å². The smallest absolute Gasteiger partial charge is 0.152 e. The van der Waals surface area contributed by atoms with Gasteiger partial charge in [-0.2, -0.15) is 5.10 Å². The molecule has 2 heterocycles. The van der Waals surface area contributed by atoms with E-state index < -0.39 is 9.84 Å². The van der Waals surface area contributed by atoms with Crippen molar-refractivity contribution in [2.24, 2.45) is 0 Å². The molecule has 0 radical (unpaired) electrons. The van der Waals surface area contributed by atoms with Crippen LogP contribution in [0.3, 0.4) is 0 Å². The Balaban J connectivity index is 2.21. The second-order valence-corrected chi connectivity index (χ2v) is 6.83. The lowest BCUT2D eigenvalue weighted by molar-refractivity contribution is 0.495. The molecule has 6 heteroatoms. The lowest BCUT2D eigenvalue weighted by atomic mass is 10.3. The molecule has 0 amide bonds.